The highest BCUT2D eigenvalue weighted by atomic mass is 16.5. The highest BCUT2D eigenvalue weighted by Crippen LogP contribution is 2.41. The quantitative estimate of drug-likeness (QED) is 0.200. The molecule has 0 aromatic heterocycles. The maximum absolute atomic E-state index is 12.0. The second-order valence-electron chi connectivity index (χ2n) is 10.6. The van der Waals surface area contributed by atoms with Gasteiger partial charge in [-0.1, -0.05) is 48.8 Å². The molecule has 1 amide bonds. The summed E-state index contributed by atoms with van der Waals surface area (Å²) in [4.78, 5) is 23.6. The third kappa shape index (κ3) is 10.4. The average Bonchev–Trinajstić information content (AvgIpc) is 2.78. The fourth-order valence-electron chi connectivity index (χ4n) is 4.15. The molecule has 196 valence electrons. The Morgan fingerprint density at radius 1 is 1.00 bits per heavy atom. The van der Waals surface area contributed by atoms with Crippen LogP contribution in [0.4, 0.5) is 0 Å². The van der Waals surface area contributed by atoms with Gasteiger partial charge in [0.2, 0.25) is 5.91 Å². The number of carbonyl (C=O) groups is 2. The van der Waals surface area contributed by atoms with E-state index in [-0.39, 0.29) is 17.9 Å². The van der Waals surface area contributed by atoms with E-state index >= 15 is 0 Å². The molecule has 35 heavy (non-hydrogen) atoms. The Bertz CT molecular complexity index is 914. The van der Waals surface area contributed by atoms with E-state index in [4.69, 9.17) is 10.5 Å². The van der Waals surface area contributed by atoms with Crippen LogP contribution in [-0.4, -0.2) is 30.6 Å². The van der Waals surface area contributed by atoms with Crippen molar-refractivity contribution in [3.63, 3.8) is 0 Å². The van der Waals surface area contributed by atoms with E-state index in [1.165, 1.54) is 47.1 Å². The van der Waals surface area contributed by atoms with E-state index in [1.807, 2.05) is 13.0 Å². The Morgan fingerprint density at radius 3 is 2.09 bits per heavy atom. The maximum atomic E-state index is 12.0. The van der Waals surface area contributed by atoms with Gasteiger partial charge in [-0.15, -0.1) is 0 Å². The van der Waals surface area contributed by atoms with Gasteiger partial charge in [-0.3, -0.25) is 4.79 Å². The van der Waals surface area contributed by atoms with E-state index < -0.39 is 18.1 Å². The zero-order chi connectivity index (χ0) is 26.8. The summed E-state index contributed by atoms with van der Waals surface area (Å²) in [7, 11) is 0. The van der Waals surface area contributed by atoms with Gasteiger partial charge in [0.15, 0.2) is 0 Å². The van der Waals surface area contributed by atoms with Crippen LogP contribution in [0.2, 0.25) is 0 Å². The van der Waals surface area contributed by atoms with Crippen molar-refractivity contribution in [3.05, 3.63) is 57.7 Å². The Kier molecular flexibility index (Phi) is 12.5. The minimum Gasteiger partial charge on any atom is -0.460 e. The van der Waals surface area contributed by atoms with Crippen LogP contribution < -0.4 is 11.1 Å². The van der Waals surface area contributed by atoms with Crippen molar-refractivity contribution >= 4 is 11.9 Å². The van der Waals surface area contributed by atoms with Crippen LogP contribution >= 0.6 is 0 Å². The van der Waals surface area contributed by atoms with Gasteiger partial charge in [0.1, 0.15) is 12.6 Å². The predicted molar refractivity (Wildman–Crippen MR) is 147 cm³/mol. The number of esters is 1. The molecule has 0 fully saturated rings. The van der Waals surface area contributed by atoms with Gasteiger partial charge in [-0.05, 0) is 109 Å². The first-order valence-electron chi connectivity index (χ1n) is 12.9. The molecule has 0 aromatic rings. The third-order valence-corrected chi connectivity index (χ3v) is 6.96. The molecule has 0 saturated heterocycles. The fourth-order valence-corrected chi connectivity index (χ4v) is 4.15. The van der Waals surface area contributed by atoms with E-state index in [0.29, 0.717) is 0 Å². The van der Waals surface area contributed by atoms with Crippen LogP contribution in [0.5, 0.6) is 0 Å². The van der Waals surface area contributed by atoms with Crippen LogP contribution in [0.15, 0.2) is 57.7 Å². The molecule has 5 heteroatoms. The largest absolute Gasteiger partial charge is 0.460 e. The summed E-state index contributed by atoms with van der Waals surface area (Å²) < 4.78 is 5.26. The molecule has 1 rings (SSSR count). The lowest BCUT2D eigenvalue weighted by Gasteiger charge is -2.33. The number of ether oxygens (including phenoxy) is 1. The number of unbranched alkanes of at least 4 members (excludes halogenated alkanes) is 1. The molecule has 2 atom stereocenters. The third-order valence-electron chi connectivity index (χ3n) is 6.96. The van der Waals surface area contributed by atoms with Crippen LogP contribution in [0, 0.1) is 5.41 Å². The zero-order valence-corrected chi connectivity index (χ0v) is 23.5. The molecular formula is C30H48N2O3. The van der Waals surface area contributed by atoms with Gasteiger partial charge in [-0.2, -0.15) is 0 Å². The van der Waals surface area contributed by atoms with Crippen molar-refractivity contribution in [2.45, 2.75) is 107 Å². The summed E-state index contributed by atoms with van der Waals surface area (Å²) in [6.07, 6.45) is 14.5. The van der Waals surface area contributed by atoms with E-state index in [0.717, 1.165) is 18.4 Å². The van der Waals surface area contributed by atoms with Crippen molar-refractivity contribution in [2.75, 3.05) is 6.61 Å². The molecule has 0 spiro atoms. The lowest BCUT2D eigenvalue weighted by Crippen LogP contribution is -2.46. The number of rotatable bonds is 11. The zero-order valence-electron chi connectivity index (χ0n) is 23.5. The van der Waals surface area contributed by atoms with Gasteiger partial charge in [0, 0.05) is 0 Å². The van der Waals surface area contributed by atoms with Crippen LogP contribution in [0.25, 0.3) is 0 Å². The van der Waals surface area contributed by atoms with Crippen molar-refractivity contribution in [3.8, 4) is 0 Å². The lowest BCUT2D eigenvalue weighted by atomic mass is 9.72. The first-order chi connectivity index (χ1) is 16.3. The van der Waals surface area contributed by atoms with Crippen molar-refractivity contribution in [1.82, 2.24) is 5.32 Å². The lowest BCUT2D eigenvalue weighted by molar-refractivity contribution is -0.146. The molecule has 0 aliphatic heterocycles. The predicted octanol–water partition coefficient (Wildman–Crippen LogP) is 6.47. The Balaban J connectivity index is 2.59. The number of nitrogens with one attached hydrogen (secondary N) is 1. The normalized spacial score (nSPS) is 19.4. The van der Waals surface area contributed by atoms with Crippen molar-refractivity contribution < 1.29 is 14.3 Å². The average molecular weight is 485 g/mol. The molecule has 0 unspecified atom stereocenters. The molecule has 3 N–H and O–H groups in total. The molecule has 0 bridgehead atoms. The van der Waals surface area contributed by atoms with Crippen LogP contribution in [0.3, 0.4) is 0 Å². The Hall–Kier alpha value is -2.40. The number of carbonyl (C=O) groups excluding carboxylic acids is 2. The summed E-state index contributed by atoms with van der Waals surface area (Å²) in [6.45, 7) is 18.8. The summed E-state index contributed by atoms with van der Waals surface area (Å²) in [5.74, 6) is -0.851. The van der Waals surface area contributed by atoms with Gasteiger partial charge in [-0.25, -0.2) is 4.79 Å². The van der Waals surface area contributed by atoms with E-state index in [9.17, 15) is 9.59 Å². The topological polar surface area (TPSA) is 81.4 Å². The molecule has 1 aliphatic rings. The second-order valence-corrected chi connectivity index (χ2v) is 10.6. The minimum atomic E-state index is -0.726. The minimum absolute atomic E-state index is 0.169. The summed E-state index contributed by atoms with van der Waals surface area (Å²) in [5, 5.41) is 2.54. The summed E-state index contributed by atoms with van der Waals surface area (Å²) in [6, 6.07) is -1.39. The van der Waals surface area contributed by atoms with E-state index in [1.54, 1.807) is 13.8 Å². The summed E-state index contributed by atoms with van der Waals surface area (Å²) in [5.41, 5.74) is 13.7. The van der Waals surface area contributed by atoms with Gasteiger partial charge >= 0.3 is 5.97 Å². The summed E-state index contributed by atoms with van der Waals surface area (Å²) >= 11 is 0. The number of hydrogen-bond donors (Lipinski definition) is 2. The SMILES string of the molecule is CC1=C(/C=C(C)/C(C)=C/CC/C=C(C)/C(C)=C/COC(=O)[C@H](C)NC(=O)[C@H](C)N)C(C)(C)CCC1. The number of amides is 1. The Morgan fingerprint density at radius 2 is 1.54 bits per heavy atom. The van der Waals surface area contributed by atoms with Gasteiger partial charge in [0.05, 0.1) is 6.04 Å². The van der Waals surface area contributed by atoms with Crippen molar-refractivity contribution in [2.24, 2.45) is 11.1 Å². The monoisotopic (exact) mass is 484 g/mol. The van der Waals surface area contributed by atoms with Gasteiger partial charge in [0.25, 0.3) is 0 Å². The fraction of sp³-hybridized carbons (Fsp3) is 0.600. The van der Waals surface area contributed by atoms with Crippen LogP contribution in [0.1, 0.15) is 94.4 Å². The number of hydrogen-bond acceptors (Lipinski definition) is 4. The molecular weight excluding hydrogens is 436 g/mol. The van der Waals surface area contributed by atoms with E-state index in [2.05, 4.69) is 65.1 Å². The highest BCUT2D eigenvalue weighted by Gasteiger charge is 2.27. The smallest absolute Gasteiger partial charge is 0.328 e. The molecule has 0 radical (unpaired) electrons. The first-order valence-corrected chi connectivity index (χ1v) is 12.9. The maximum Gasteiger partial charge on any atom is 0.328 e. The van der Waals surface area contributed by atoms with Crippen LogP contribution in [-0.2, 0) is 14.3 Å². The number of nitrogens with two attached hydrogens (primary N) is 1. The van der Waals surface area contributed by atoms with Gasteiger partial charge < -0.3 is 15.8 Å². The molecule has 5 nitrogen and oxygen atoms in total. The molecule has 0 heterocycles. The molecule has 1 aliphatic carbocycles. The number of allylic oxidation sites excluding steroid dienone is 9. The molecule has 0 saturated carbocycles. The second kappa shape index (κ2) is 14.2. The molecule has 0 aromatic carbocycles. The first kappa shape index (κ1) is 30.6. The standard InChI is InChI=1S/C30H48N2O3/c1-20(22(3)16-18-35-29(34)26(7)32-28(33)25(6)31)13-10-11-14-21(2)24(5)19-27-23(4)15-12-17-30(27,8)9/h13-14,16,19,25-26H,10-12,15,17-18,31H2,1-9H3,(H,32,33)/b20-13+,21-14+,22-16+,24-19+/t25-,26-/m0/s1. The van der Waals surface area contributed by atoms with Crippen molar-refractivity contribution in [1.29, 1.82) is 0 Å². The Labute approximate surface area is 213 Å². The highest BCUT2D eigenvalue weighted by molar-refractivity contribution is 5.86.